The maximum atomic E-state index is 5.88. The van der Waals surface area contributed by atoms with Crippen LogP contribution in [-0.2, 0) is 6.54 Å². The van der Waals surface area contributed by atoms with Crippen LogP contribution in [0.1, 0.15) is 12.0 Å². The van der Waals surface area contributed by atoms with Gasteiger partial charge in [-0.15, -0.1) is 0 Å². The molecule has 1 fully saturated rings. The lowest BCUT2D eigenvalue weighted by atomic mass is 10.2. The lowest BCUT2D eigenvalue weighted by Gasteiger charge is -2.36. The third-order valence-corrected chi connectivity index (χ3v) is 4.99. The van der Waals surface area contributed by atoms with E-state index in [9.17, 15) is 0 Å². The zero-order valence-corrected chi connectivity index (χ0v) is 16.5. The largest absolute Gasteiger partial charge is 0.495 e. The highest BCUT2D eigenvalue weighted by molar-refractivity contribution is 5.58. The van der Waals surface area contributed by atoms with Gasteiger partial charge in [0, 0.05) is 39.3 Å². The molecule has 0 saturated carbocycles. The molecule has 0 bridgehead atoms. The molecule has 0 unspecified atom stereocenters. The molecule has 1 N–H and O–H groups in total. The molecule has 1 saturated heterocycles. The van der Waals surface area contributed by atoms with Crippen molar-refractivity contribution in [3.8, 4) is 11.5 Å². The fourth-order valence-corrected chi connectivity index (χ4v) is 3.49. The number of benzene rings is 2. The first-order chi connectivity index (χ1) is 13.3. The van der Waals surface area contributed by atoms with Gasteiger partial charge in [0.1, 0.15) is 11.5 Å². The summed E-state index contributed by atoms with van der Waals surface area (Å²) in [6.07, 6.45) is 1.05. The predicted octanol–water partition coefficient (Wildman–Crippen LogP) is 3.01. The molecule has 0 spiro atoms. The predicted molar refractivity (Wildman–Crippen MR) is 111 cm³/mol. The van der Waals surface area contributed by atoms with E-state index in [1.807, 2.05) is 19.2 Å². The van der Waals surface area contributed by atoms with E-state index in [1.165, 1.54) is 11.3 Å². The number of nitrogens with zero attached hydrogens (tertiary/aromatic N) is 2. The van der Waals surface area contributed by atoms with E-state index >= 15 is 0 Å². The number of para-hydroxylation sites is 2. The Morgan fingerprint density at radius 1 is 0.963 bits per heavy atom. The molecule has 1 heterocycles. The molecule has 0 atom stereocenters. The Hall–Kier alpha value is -2.24. The summed E-state index contributed by atoms with van der Waals surface area (Å²) in [7, 11) is 3.70. The molecule has 2 aromatic carbocycles. The number of piperazine rings is 1. The minimum atomic E-state index is 0.762. The average molecular weight is 370 g/mol. The molecule has 5 heteroatoms. The quantitative estimate of drug-likeness (QED) is 0.688. The minimum Gasteiger partial charge on any atom is -0.495 e. The Balaban J connectivity index is 1.36. The standard InChI is InChI=1S/C22H31N3O2/c1-23-18-19-8-10-20(11-9-19)27-17-5-12-24-13-15-25(16-14-24)21-6-3-4-7-22(21)26-2/h3-4,6-11,23H,5,12-18H2,1-2H3. The van der Waals surface area contributed by atoms with E-state index in [4.69, 9.17) is 9.47 Å². The zero-order chi connectivity index (χ0) is 18.9. The maximum Gasteiger partial charge on any atom is 0.142 e. The van der Waals surface area contributed by atoms with Gasteiger partial charge in [-0.2, -0.15) is 0 Å². The zero-order valence-electron chi connectivity index (χ0n) is 16.5. The van der Waals surface area contributed by atoms with Crippen LogP contribution < -0.4 is 19.7 Å². The SMILES string of the molecule is CNCc1ccc(OCCCN2CCN(c3ccccc3OC)CC2)cc1. The highest BCUT2D eigenvalue weighted by atomic mass is 16.5. The van der Waals surface area contributed by atoms with Gasteiger partial charge in [-0.05, 0) is 43.3 Å². The van der Waals surface area contributed by atoms with Crippen LogP contribution in [0.25, 0.3) is 0 Å². The number of methoxy groups -OCH3 is 1. The van der Waals surface area contributed by atoms with Crippen molar-refractivity contribution in [1.82, 2.24) is 10.2 Å². The topological polar surface area (TPSA) is 37.0 Å². The van der Waals surface area contributed by atoms with Crippen LogP contribution in [0.5, 0.6) is 11.5 Å². The number of hydrogen-bond donors (Lipinski definition) is 1. The molecule has 27 heavy (non-hydrogen) atoms. The second kappa shape index (κ2) is 10.2. The van der Waals surface area contributed by atoms with Crippen molar-refractivity contribution in [3.05, 3.63) is 54.1 Å². The van der Waals surface area contributed by atoms with Gasteiger partial charge in [0.25, 0.3) is 0 Å². The molecular formula is C22H31N3O2. The van der Waals surface area contributed by atoms with E-state index in [1.54, 1.807) is 7.11 Å². The molecule has 0 radical (unpaired) electrons. The molecule has 3 rings (SSSR count). The third-order valence-electron chi connectivity index (χ3n) is 4.99. The molecule has 1 aliphatic heterocycles. The Kier molecular flexibility index (Phi) is 7.36. The van der Waals surface area contributed by atoms with Gasteiger partial charge in [0.2, 0.25) is 0 Å². The summed E-state index contributed by atoms with van der Waals surface area (Å²) in [6.45, 7) is 6.96. The summed E-state index contributed by atoms with van der Waals surface area (Å²) in [5.74, 6) is 1.91. The van der Waals surface area contributed by atoms with Gasteiger partial charge in [0.15, 0.2) is 0 Å². The lowest BCUT2D eigenvalue weighted by Crippen LogP contribution is -2.46. The van der Waals surface area contributed by atoms with Crippen LogP contribution in [0.2, 0.25) is 0 Å². The van der Waals surface area contributed by atoms with Gasteiger partial charge >= 0.3 is 0 Å². The Morgan fingerprint density at radius 3 is 2.41 bits per heavy atom. The van der Waals surface area contributed by atoms with E-state index < -0.39 is 0 Å². The fourth-order valence-electron chi connectivity index (χ4n) is 3.49. The number of hydrogen-bond acceptors (Lipinski definition) is 5. The summed E-state index contributed by atoms with van der Waals surface area (Å²) in [6, 6.07) is 16.6. The van der Waals surface area contributed by atoms with Gasteiger partial charge in [-0.25, -0.2) is 0 Å². The molecule has 0 amide bonds. The van der Waals surface area contributed by atoms with Crippen molar-refractivity contribution in [3.63, 3.8) is 0 Å². The Labute approximate surface area is 162 Å². The lowest BCUT2D eigenvalue weighted by molar-refractivity contribution is 0.224. The number of rotatable bonds is 9. The highest BCUT2D eigenvalue weighted by Gasteiger charge is 2.19. The fraction of sp³-hybridized carbons (Fsp3) is 0.455. The molecule has 5 nitrogen and oxygen atoms in total. The van der Waals surface area contributed by atoms with E-state index in [2.05, 4.69) is 51.5 Å². The van der Waals surface area contributed by atoms with Crippen LogP contribution in [0.4, 0.5) is 5.69 Å². The number of anilines is 1. The van der Waals surface area contributed by atoms with Gasteiger partial charge in [-0.3, -0.25) is 4.90 Å². The molecule has 0 aliphatic carbocycles. The second-order valence-electron chi connectivity index (χ2n) is 6.88. The van der Waals surface area contributed by atoms with Crippen LogP contribution in [0.15, 0.2) is 48.5 Å². The first-order valence-electron chi connectivity index (χ1n) is 9.77. The van der Waals surface area contributed by atoms with Crippen LogP contribution in [0, 0.1) is 0 Å². The van der Waals surface area contributed by atoms with Crippen molar-refractivity contribution >= 4 is 5.69 Å². The second-order valence-corrected chi connectivity index (χ2v) is 6.88. The first-order valence-corrected chi connectivity index (χ1v) is 9.77. The summed E-state index contributed by atoms with van der Waals surface area (Å²) in [5, 5.41) is 3.16. The molecule has 1 aliphatic rings. The highest BCUT2D eigenvalue weighted by Crippen LogP contribution is 2.28. The van der Waals surface area contributed by atoms with Crippen molar-refractivity contribution in [2.24, 2.45) is 0 Å². The van der Waals surface area contributed by atoms with E-state index in [0.29, 0.717) is 0 Å². The van der Waals surface area contributed by atoms with Crippen LogP contribution in [-0.4, -0.2) is 58.4 Å². The van der Waals surface area contributed by atoms with Crippen LogP contribution in [0.3, 0.4) is 0 Å². The molecule has 146 valence electrons. The monoisotopic (exact) mass is 369 g/mol. The van der Waals surface area contributed by atoms with Gasteiger partial charge in [-0.1, -0.05) is 24.3 Å². The summed E-state index contributed by atoms with van der Waals surface area (Å²) >= 11 is 0. The maximum absolute atomic E-state index is 5.88. The smallest absolute Gasteiger partial charge is 0.142 e. The van der Waals surface area contributed by atoms with Crippen LogP contribution >= 0.6 is 0 Å². The average Bonchev–Trinajstić information content (AvgIpc) is 2.73. The number of ether oxygens (including phenoxy) is 2. The van der Waals surface area contributed by atoms with Crippen molar-refractivity contribution < 1.29 is 9.47 Å². The van der Waals surface area contributed by atoms with Gasteiger partial charge < -0.3 is 19.7 Å². The summed E-state index contributed by atoms with van der Waals surface area (Å²) < 4.78 is 11.4. The summed E-state index contributed by atoms with van der Waals surface area (Å²) in [5.41, 5.74) is 2.47. The minimum absolute atomic E-state index is 0.762. The molecule has 0 aromatic heterocycles. The first kappa shape index (κ1) is 19.5. The van der Waals surface area contributed by atoms with E-state index in [-0.39, 0.29) is 0 Å². The van der Waals surface area contributed by atoms with Crippen molar-refractivity contribution in [1.29, 1.82) is 0 Å². The van der Waals surface area contributed by atoms with Crippen molar-refractivity contribution in [2.45, 2.75) is 13.0 Å². The van der Waals surface area contributed by atoms with Gasteiger partial charge in [0.05, 0.1) is 19.4 Å². The normalized spacial score (nSPS) is 15.0. The Bertz CT molecular complexity index is 682. The van der Waals surface area contributed by atoms with E-state index in [0.717, 1.165) is 63.8 Å². The number of nitrogens with one attached hydrogen (secondary N) is 1. The third kappa shape index (κ3) is 5.62. The summed E-state index contributed by atoms with van der Waals surface area (Å²) in [4.78, 5) is 4.93. The molecule has 2 aromatic rings. The molecular weight excluding hydrogens is 338 g/mol. The Morgan fingerprint density at radius 2 is 1.70 bits per heavy atom. The van der Waals surface area contributed by atoms with Crippen molar-refractivity contribution in [2.75, 3.05) is 58.4 Å².